The van der Waals surface area contributed by atoms with Crippen molar-refractivity contribution in [1.82, 2.24) is 9.55 Å². The van der Waals surface area contributed by atoms with Crippen molar-refractivity contribution in [3.63, 3.8) is 0 Å². The molecule has 0 aliphatic carbocycles. The largest absolute Gasteiger partial charge is 0.478 e. The van der Waals surface area contributed by atoms with Gasteiger partial charge in [-0.25, -0.2) is 9.78 Å². The Kier molecular flexibility index (Phi) is 4.96. The average Bonchev–Trinajstić information content (AvgIpc) is 2.76. The average molecular weight is 290 g/mol. The van der Waals surface area contributed by atoms with Crippen LogP contribution in [0.15, 0.2) is 18.2 Å². The summed E-state index contributed by atoms with van der Waals surface area (Å²) in [4.78, 5) is 16.0. The van der Waals surface area contributed by atoms with Crippen LogP contribution in [0.4, 0.5) is 0 Å². The van der Waals surface area contributed by atoms with Gasteiger partial charge >= 0.3 is 5.97 Å². The molecular formula is C16H22N2O3. The summed E-state index contributed by atoms with van der Waals surface area (Å²) in [6.07, 6.45) is 1.96. The Morgan fingerprint density at radius 3 is 2.81 bits per heavy atom. The zero-order chi connectivity index (χ0) is 15.4. The molecule has 0 radical (unpaired) electrons. The molecule has 1 heterocycles. The molecule has 5 heteroatoms. The number of carboxylic acid groups (broad SMARTS) is 1. The number of carbonyl (C=O) groups is 1. The van der Waals surface area contributed by atoms with Crippen molar-refractivity contribution >= 4 is 17.0 Å². The van der Waals surface area contributed by atoms with Crippen LogP contribution in [0.5, 0.6) is 0 Å². The van der Waals surface area contributed by atoms with Crippen LogP contribution in [0.25, 0.3) is 11.0 Å². The SMILES string of the molecule is CCCc1nc2cccc(C(=O)O)c2n1CCOC(C)C. The zero-order valence-electron chi connectivity index (χ0n) is 12.8. The lowest BCUT2D eigenvalue weighted by atomic mass is 10.2. The van der Waals surface area contributed by atoms with Crippen LogP contribution in [0.2, 0.25) is 0 Å². The molecule has 0 atom stereocenters. The monoisotopic (exact) mass is 290 g/mol. The van der Waals surface area contributed by atoms with Gasteiger partial charge in [0.1, 0.15) is 5.82 Å². The van der Waals surface area contributed by atoms with E-state index in [0.717, 1.165) is 24.2 Å². The minimum absolute atomic E-state index is 0.161. The van der Waals surface area contributed by atoms with Gasteiger partial charge in [0, 0.05) is 13.0 Å². The molecule has 0 aliphatic rings. The van der Waals surface area contributed by atoms with Crippen LogP contribution < -0.4 is 0 Å². The number of para-hydroxylation sites is 1. The number of aromatic nitrogens is 2. The fraction of sp³-hybridized carbons (Fsp3) is 0.500. The number of hydrogen-bond donors (Lipinski definition) is 1. The Balaban J connectivity index is 2.46. The maximum atomic E-state index is 11.4. The summed E-state index contributed by atoms with van der Waals surface area (Å²) in [5.41, 5.74) is 1.73. The number of aromatic carboxylic acids is 1. The van der Waals surface area contributed by atoms with E-state index in [-0.39, 0.29) is 6.10 Å². The highest BCUT2D eigenvalue weighted by Crippen LogP contribution is 2.22. The van der Waals surface area contributed by atoms with Crippen molar-refractivity contribution in [3.8, 4) is 0 Å². The highest BCUT2D eigenvalue weighted by Gasteiger charge is 2.17. The van der Waals surface area contributed by atoms with E-state index in [1.54, 1.807) is 12.1 Å². The van der Waals surface area contributed by atoms with Crippen molar-refractivity contribution in [3.05, 3.63) is 29.6 Å². The first-order valence-corrected chi connectivity index (χ1v) is 7.37. The first kappa shape index (κ1) is 15.5. The number of ether oxygens (including phenoxy) is 1. The predicted octanol–water partition coefficient (Wildman–Crippen LogP) is 3.11. The van der Waals surface area contributed by atoms with Crippen LogP contribution in [0.3, 0.4) is 0 Å². The Bertz CT molecular complexity index is 632. The van der Waals surface area contributed by atoms with E-state index in [0.29, 0.717) is 24.2 Å². The number of aryl methyl sites for hydroxylation is 1. The molecule has 0 fully saturated rings. The van der Waals surface area contributed by atoms with Gasteiger partial charge in [-0.05, 0) is 32.4 Å². The van der Waals surface area contributed by atoms with Crippen molar-refractivity contribution in [2.24, 2.45) is 0 Å². The van der Waals surface area contributed by atoms with Gasteiger partial charge < -0.3 is 14.4 Å². The first-order chi connectivity index (χ1) is 10.0. The van der Waals surface area contributed by atoms with Crippen LogP contribution in [0.1, 0.15) is 43.4 Å². The lowest BCUT2D eigenvalue weighted by molar-refractivity contribution is 0.0691. The minimum atomic E-state index is -0.922. The molecule has 1 aromatic carbocycles. The molecule has 1 aromatic heterocycles. The molecule has 0 spiro atoms. The summed E-state index contributed by atoms with van der Waals surface area (Å²) in [6, 6.07) is 5.23. The third-order valence-corrected chi connectivity index (χ3v) is 3.32. The summed E-state index contributed by atoms with van der Waals surface area (Å²) in [7, 11) is 0. The van der Waals surface area contributed by atoms with Crippen LogP contribution in [-0.2, 0) is 17.7 Å². The number of benzene rings is 1. The lowest BCUT2D eigenvalue weighted by Gasteiger charge is -2.12. The van der Waals surface area contributed by atoms with Crippen molar-refractivity contribution in [2.75, 3.05) is 6.61 Å². The number of imidazole rings is 1. The Hall–Kier alpha value is -1.88. The second kappa shape index (κ2) is 6.72. The summed E-state index contributed by atoms with van der Waals surface area (Å²) in [5, 5.41) is 9.39. The van der Waals surface area contributed by atoms with Gasteiger partial charge in [0.2, 0.25) is 0 Å². The number of nitrogens with zero attached hydrogens (tertiary/aromatic N) is 2. The van der Waals surface area contributed by atoms with Gasteiger partial charge in [-0.15, -0.1) is 0 Å². The van der Waals surface area contributed by atoms with E-state index in [2.05, 4.69) is 11.9 Å². The quantitative estimate of drug-likeness (QED) is 0.851. The number of fused-ring (bicyclic) bond motifs is 1. The van der Waals surface area contributed by atoms with Crippen molar-refractivity contribution in [2.45, 2.75) is 46.3 Å². The first-order valence-electron chi connectivity index (χ1n) is 7.37. The molecule has 0 unspecified atom stereocenters. The summed E-state index contributed by atoms with van der Waals surface area (Å²) >= 11 is 0. The fourth-order valence-corrected chi connectivity index (χ4v) is 2.44. The third-order valence-electron chi connectivity index (χ3n) is 3.32. The maximum Gasteiger partial charge on any atom is 0.337 e. The van der Waals surface area contributed by atoms with Gasteiger partial charge in [-0.3, -0.25) is 0 Å². The Morgan fingerprint density at radius 1 is 1.43 bits per heavy atom. The Morgan fingerprint density at radius 2 is 2.19 bits per heavy atom. The standard InChI is InChI=1S/C16H22N2O3/c1-4-6-14-17-13-8-5-7-12(16(19)20)15(13)18(14)9-10-21-11(2)3/h5,7-8,11H,4,6,9-10H2,1-3H3,(H,19,20). The molecular weight excluding hydrogens is 268 g/mol. The Labute approximate surface area is 124 Å². The molecule has 21 heavy (non-hydrogen) atoms. The van der Waals surface area contributed by atoms with Gasteiger partial charge in [-0.1, -0.05) is 13.0 Å². The molecule has 2 rings (SSSR count). The molecule has 0 aliphatic heterocycles. The second-order valence-electron chi connectivity index (χ2n) is 5.33. The van der Waals surface area contributed by atoms with E-state index >= 15 is 0 Å². The van der Waals surface area contributed by atoms with Crippen molar-refractivity contribution in [1.29, 1.82) is 0 Å². The molecule has 0 amide bonds. The third kappa shape index (κ3) is 3.42. The molecule has 2 aromatic rings. The molecule has 0 saturated heterocycles. The van der Waals surface area contributed by atoms with Gasteiger partial charge in [0.25, 0.3) is 0 Å². The highest BCUT2D eigenvalue weighted by molar-refractivity contribution is 6.01. The predicted molar refractivity (Wildman–Crippen MR) is 81.8 cm³/mol. The van der Waals surface area contributed by atoms with E-state index < -0.39 is 5.97 Å². The number of hydrogen-bond acceptors (Lipinski definition) is 3. The summed E-state index contributed by atoms with van der Waals surface area (Å²) in [6.45, 7) is 7.23. The van der Waals surface area contributed by atoms with Crippen molar-refractivity contribution < 1.29 is 14.6 Å². The minimum Gasteiger partial charge on any atom is -0.478 e. The molecule has 5 nitrogen and oxygen atoms in total. The molecule has 0 saturated carbocycles. The highest BCUT2D eigenvalue weighted by atomic mass is 16.5. The summed E-state index contributed by atoms with van der Waals surface area (Å²) in [5.74, 6) is 0.00290. The van der Waals surface area contributed by atoms with Gasteiger partial charge in [-0.2, -0.15) is 0 Å². The van der Waals surface area contributed by atoms with E-state index in [4.69, 9.17) is 4.74 Å². The van der Waals surface area contributed by atoms with Crippen LogP contribution in [-0.4, -0.2) is 33.3 Å². The maximum absolute atomic E-state index is 11.4. The fourth-order valence-electron chi connectivity index (χ4n) is 2.44. The lowest BCUT2D eigenvalue weighted by Crippen LogP contribution is -2.14. The number of carboxylic acids is 1. The molecule has 0 bridgehead atoms. The van der Waals surface area contributed by atoms with Crippen LogP contribution >= 0.6 is 0 Å². The molecule has 114 valence electrons. The number of rotatable bonds is 7. The van der Waals surface area contributed by atoms with Crippen LogP contribution in [0, 0.1) is 0 Å². The van der Waals surface area contributed by atoms with Gasteiger partial charge in [0.15, 0.2) is 0 Å². The normalized spacial score (nSPS) is 11.4. The van der Waals surface area contributed by atoms with E-state index in [1.807, 2.05) is 24.5 Å². The topological polar surface area (TPSA) is 64.3 Å². The van der Waals surface area contributed by atoms with E-state index in [1.165, 1.54) is 0 Å². The second-order valence-corrected chi connectivity index (χ2v) is 5.33. The zero-order valence-corrected chi connectivity index (χ0v) is 12.8. The van der Waals surface area contributed by atoms with Gasteiger partial charge in [0.05, 0.1) is 29.3 Å². The summed E-state index contributed by atoms with van der Waals surface area (Å²) < 4.78 is 7.59. The molecule has 1 N–H and O–H groups in total. The van der Waals surface area contributed by atoms with E-state index in [9.17, 15) is 9.90 Å². The smallest absolute Gasteiger partial charge is 0.337 e.